The van der Waals surface area contributed by atoms with E-state index in [9.17, 15) is 62.6 Å². The molecule has 0 fully saturated rings. The van der Waals surface area contributed by atoms with E-state index in [-0.39, 0.29) is 94.3 Å². The number of aliphatic carboxylic acids is 2. The van der Waals surface area contributed by atoms with Crippen molar-refractivity contribution in [3.05, 3.63) is 204 Å². The summed E-state index contributed by atoms with van der Waals surface area (Å²) < 4.78 is 59.8. The molecule has 85 heavy (non-hydrogen) atoms. The van der Waals surface area contributed by atoms with E-state index in [0.29, 0.717) is 78.7 Å². The molecular weight excluding hydrogens is 1120 g/mol. The molecule has 6 aromatic carbocycles. The van der Waals surface area contributed by atoms with Gasteiger partial charge in [-0.2, -0.15) is 0 Å². The van der Waals surface area contributed by atoms with E-state index in [1.807, 2.05) is 49.0 Å². The van der Waals surface area contributed by atoms with Crippen LogP contribution in [0.5, 0.6) is 0 Å². The van der Waals surface area contributed by atoms with Crippen LogP contribution in [0, 0.1) is 23.3 Å². The number of aliphatic hydroxyl groups is 4. The maximum Gasteiger partial charge on any atom is 2.00 e. The van der Waals surface area contributed by atoms with E-state index in [1.54, 1.807) is 97.1 Å². The van der Waals surface area contributed by atoms with E-state index in [1.165, 1.54) is 48.5 Å². The second-order valence-corrected chi connectivity index (χ2v) is 21.0. The summed E-state index contributed by atoms with van der Waals surface area (Å²) in [6.07, 6.45) is -5.76. The van der Waals surface area contributed by atoms with Crippen LogP contribution < -0.4 is 15.5 Å². The van der Waals surface area contributed by atoms with Crippen LogP contribution in [0.1, 0.15) is 105 Å². The first-order valence-corrected chi connectivity index (χ1v) is 27.5. The number of anilines is 1. The summed E-state index contributed by atoms with van der Waals surface area (Å²) in [6.45, 7) is 8.06. The Kier molecular flexibility index (Phi) is 24.4. The topological polar surface area (TPSA) is 233 Å². The van der Waals surface area contributed by atoms with Crippen LogP contribution in [-0.2, 0) is 22.7 Å². The van der Waals surface area contributed by atoms with E-state index < -0.39 is 78.4 Å². The number of halogens is 4. The molecule has 4 atom stereocenters. The molecule has 0 radical (unpaired) electrons. The summed E-state index contributed by atoms with van der Waals surface area (Å²) >= 11 is 0. The van der Waals surface area contributed by atoms with Crippen LogP contribution in [0.25, 0.3) is 44.8 Å². The van der Waals surface area contributed by atoms with E-state index in [4.69, 9.17) is 5.11 Å². The molecule has 0 aliphatic heterocycles. The van der Waals surface area contributed by atoms with Crippen molar-refractivity contribution in [2.75, 3.05) is 5.32 Å². The predicted molar refractivity (Wildman–Crippen MR) is 316 cm³/mol. The Labute approximate surface area is 520 Å². The standard InChI is InChI=1S/2C33H34F2N2O5.Ca/c2*1-20(2)31-30(33(42)36-25-6-4-3-5-7-25)29(21-8-12-23(34)13-9-21)32(22-10-14-24(35)15-11-22)37(31)17-16-26(38)18-27(39)19-28(40)41;/h2*3-15,20,26-27,38-39H,16-19H2,1-2H3,(H,36,42)(H,40,41);/q;;+2/p-2/t2*26-,27-;/m11./s1. The molecule has 19 heteroatoms. The first kappa shape index (κ1) is 66.7. The number of carbonyl (C=O) groups is 3. The maximum atomic E-state index is 14.0. The predicted octanol–water partition coefficient (Wildman–Crippen LogP) is 10.4. The zero-order valence-electron chi connectivity index (χ0n) is 47.5. The molecule has 0 aliphatic carbocycles. The van der Waals surface area contributed by atoms with Gasteiger partial charge in [-0.05, 0) is 163 Å². The Morgan fingerprint density at radius 1 is 0.506 bits per heavy atom. The number of aromatic nitrogens is 2. The summed E-state index contributed by atoms with van der Waals surface area (Å²) in [4.78, 5) is 40.2. The summed E-state index contributed by atoms with van der Waals surface area (Å²) in [5.41, 5.74) is 7.44. The molecule has 8 aromatic rings. The third-order valence-corrected chi connectivity index (χ3v) is 13.9. The molecule has 6 N–H and O–H groups in total. The van der Waals surface area contributed by atoms with Crippen molar-refractivity contribution in [2.24, 2.45) is 4.99 Å². The van der Waals surface area contributed by atoms with Gasteiger partial charge >= 0.3 is 43.7 Å². The number of nitrogens with zero attached hydrogens (tertiary/aromatic N) is 3. The van der Waals surface area contributed by atoms with Gasteiger partial charge in [0.25, 0.3) is 5.91 Å². The number of carbonyl (C=O) groups excluding carboxylic acids is 2. The average molecular weight is 1190 g/mol. The van der Waals surface area contributed by atoms with Crippen molar-refractivity contribution in [1.82, 2.24) is 9.13 Å². The minimum atomic E-state index is -1.42. The van der Waals surface area contributed by atoms with Crippen LogP contribution in [0.4, 0.5) is 28.9 Å². The molecule has 0 saturated carbocycles. The molecule has 0 spiro atoms. The van der Waals surface area contributed by atoms with E-state index >= 15 is 0 Å². The van der Waals surface area contributed by atoms with Gasteiger partial charge in [0.1, 0.15) is 23.3 Å². The number of aliphatic imine (C=N–C) groups is 1. The third kappa shape index (κ3) is 17.8. The minimum absolute atomic E-state index is 0. The zero-order chi connectivity index (χ0) is 60.8. The number of nitrogens with one attached hydrogen (secondary N) is 1. The van der Waals surface area contributed by atoms with Gasteiger partial charge in [0.15, 0.2) is 0 Å². The van der Waals surface area contributed by atoms with Gasteiger partial charge < -0.3 is 55.0 Å². The molecule has 14 nitrogen and oxygen atoms in total. The van der Waals surface area contributed by atoms with Crippen molar-refractivity contribution in [2.45, 2.75) is 116 Å². The molecule has 2 aromatic heterocycles. The van der Waals surface area contributed by atoms with Crippen LogP contribution in [0.15, 0.2) is 163 Å². The summed E-state index contributed by atoms with van der Waals surface area (Å²) in [6, 6.07) is 40.8. The van der Waals surface area contributed by atoms with Crippen LogP contribution >= 0.6 is 0 Å². The normalized spacial score (nSPS) is 12.9. The first-order valence-electron chi connectivity index (χ1n) is 27.5. The van der Waals surface area contributed by atoms with Crippen molar-refractivity contribution < 1.29 is 67.7 Å². The molecule has 0 aliphatic rings. The molecular formula is C66H66CaF4N4O10. The van der Waals surface area contributed by atoms with Crippen molar-refractivity contribution in [3.8, 4) is 44.8 Å². The number of benzene rings is 6. The largest absolute Gasteiger partial charge is 2.00 e. The van der Waals surface area contributed by atoms with Crippen molar-refractivity contribution in [1.29, 1.82) is 0 Å². The first-order chi connectivity index (χ1) is 40.1. The molecule has 2 heterocycles. The third-order valence-electron chi connectivity index (χ3n) is 13.9. The van der Waals surface area contributed by atoms with Gasteiger partial charge in [0.2, 0.25) is 0 Å². The van der Waals surface area contributed by atoms with E-state index in [2.05, 4.69) is 10.3 Å². The van der Waals surface area contributed by atoms with Gasteiger partial charge in [-0.15, -0.1) is 0 Å². The second kappa shape index (κ2) is 31.1. The number of rotatable bonds is 24. The Balaban J connectivity index is 0.000000269. The van der Waals surface area contributed by atoms with Gasteiger partial charge in [0.05, 0.1) is 53.5 Å². The van der Waals surface area contributed by atoms with Crippen LogP contribution in [-0.4, -0.2) is 121 Å². The molecule has 0 saturated heterocycles. The quantitative estimate of drug-likeness (QED) is 0.0145. The number of carboxylic acids is 2. The Bertz CT molecular complexity index is 3520. The van der Waals surface area contributed by atoms with Crippen LogP contribution in [0.2, 0.25) is 0 Å². The zero-order valence-corrected chi connectivity index (χ0v) is 49.7. The van der Waals surface area contributed by atoms with Crippen molar-refractivity contribution in [3.63, 3.8) is 0 Å². The smallest absolute Gasteiger partial charge is 0.858 e. The monoisotopic (exact) mass is 1190 g/mol. The fourth-order valence-corrected chi connectivity index (χ4v) is 10.4. The number of aliphatic hydroxyl groups excluding tert-OH is 4. The van der Waals surface area contributed by atoms with Gasteiger partial charge in [-0.1, -0.05) is 88.4 Å². The summed E-state index contributed by atoms with van der Waals surface area (Å²) in [5, 5.41) is 78.2. The minimum Gasteiger partial charge on any atom is -0.858 e. The summed E-state index contributed by atoms with van der Waals surface area (Å²) in [5.74, 6) is -5.68. The fourth-order valence-electron chi connectivity index (χ4n) is 10.4. The SMILES string of the molecule is CC(C)c1c(C(=O)Nc2ccccc2)c(-c2ccc(F)cc2)c(-c2ccc(F)cc2)n1CC[C@@H](O)C[C@@H](O)CC(=O)O.CC(C)c1c(C([O-])=Nc2ccccc2)c(-c2ccc(F)cc2)c(-c2ccc(F)cc2)n1CC[C@@H](O)C[C@@H](O)CC(=O)[O-].[Ca+2]. The maximum absolute atomic E-state index is 14.0. The number of para-hydroxylation sites is 2. The molecule has 0 bridgehead atoms. The number of amides is 1. The second-order valence-electron chi connectivity index (χ2n) is 21.0. The molecule has 1 amide bonds. The number of hydrogen-bond donors (Lipinski definition) is 6. The molecule has 440 valence electrons. The molecule has 0 unspecified atom stereocenters. The Morgan fingerprint density at radius 2 is 0.871 bits per heavy atom. The Hall–Kier alpha value is -7.42. The van der Waals surface area contributed by atoms with Gasteiger partial charge in [-0.25, -0.2) is 17.6 Å². The Morgan fingerprint density at radius 3 is 1.26 bits per heavy atom. The van der Waals surface area contributed by atoms with Gasteiger partial charge in [-0.3, -0.25) is 14.6 Å². The molecule has 8 rings (SSSR count). The number of hydrogen-bond acceptors (Lipinski definition) is 10. The van der Waals surface area contributed by atoms with Crippen molar-refractivity contribution >= 4 is 72.9 Å². The van der Waals surface area contributed by atoms with E-state index in [0.717, 1.165) is 0 Å². The van der Waals surface area contributed by atoms with Crippen LogP contribution in [0.3, 0.4) is 0 Å². The number of carboxylic acid groups (broad SMARTS) is 2. The van der Waals surface area contributed by atoms with Gasteiger partial charge in [0, 0.05) is 59.2 Å². The fraction of sp³-hybridized carbons (Fsp3) is 0.273. The average Bonchev–Trinajstić information content (AvgIpc) is 2.04. The summed E-state index contributed by atoms with van der Waals surface area (Å²) in [7, 11) is 0.